The first kappa shape index (κ1) is 13.5. The number of benzene rings is 1. The highest BCUT2D eigenvalue weighted by Gasteiger charge is 2.34. The van der Waals surface area contributed by atoms with Crippen molar-refractivity contribution in [3.8, 4) is 0 Å². The van der Waals surface area contributed by atoms with E-state index in [2.05, 4.69) is 51.9 Å². The van der Waals surface area contributed by atoms with Gasteiger partial charge in [-0.15, -0.1) is 5.10 Å². The Bertz CT molecular complexity index is 734. The second kappa shape index (κ2) is 5.57. The summed E-state index contributed by atoms with van der Waals surface area (Å²) in [5.41, 5.74) is 3.87. The maximum atomic E-state index is 11.1. The number of amides is 1. The molecule has 1 N–H and O–H groups in total. The lowest BCUT2D eigenvalue weighted by atomic mass is 9.92. The third-order valence-electron chi connectivity index (χ3n) is 4.18. The van der Waals surface area contributed by atoms with Gasteiger partial charge in [-0.3, -0.25) is 4.79 Å². The molecule has 4 rings (SSSR count). The van der Waals surface area contributed by atoms with E-state index in [1.165, 1.54) is 28.5 Å². The van der Waals surface area contributed by atoms with E-state index in [4.69, 9.17) is 0 Å². The van der Waals surface area contributed by atoms with Crippen molar-refractivity contribution >= 4 is 34.6 Å². The summed E-state index contributed by atoms with van der Waals surface area (Å²) < 4.78 is 0. The Labute approximate surface area is 133 Å². The van der Waals surface area contributed by atoms with Crippen molar-refractivity contribution in [1.82, 2.24) is 5.32 Å². The van der Waals surface area contributed by atoms with Crippen LogP contribution in [0, 0.1) is 11.8 Å². The van der Waals surface area contributed by atoms with Gasteiger partial charge in [-0.2, -0.15) is 5.10 Å². The molecule has 4 nitrogen and oxygen atoms in total. The van der Waals surface area contributed by atoms with E-state index in [0.717, 1.165) is 6.42 Å². The molecule has 110 valence electrons. The average Bonchev–Trinajstić information content (AvgIpc) is 3.24. The molecule has 2 aliphatic carbocycles. The van der Waals surface area contributed by atoms with E-state index in [1.54, 1.807) is 0 Å². The van der Waals surface area contributed by atoms with Crippen molar-refractivity contribution < 1.29 is 4.79 Å². The zero-order valence-corrected chi connectivity index (χ0v) is 12.7. The highest BCUT2D eigenvalue weighted by Crippen LogP contribution is 2.47. The molecule has 0 saturated carbocycles. The van der Waals surface area contributed by atoms with Crippen LogP contribution in [0.4, 0.5) is 0 Å². The van der Waals surface area contributed by atoms with Crippen LogP contribution in [0.2, 0.25) is 0 Å². The molecule has 1 aliphatic heterocycles. The van der Waals surface area contributed by atoms with Crippen LogP contribution in [-0.4, -0.2) is 23.0 Å². The molecule has 0 spiro atoms. The Kier molecular flexibility index (Phi) is 3.42. The summed E-state index contributed by atoms with van der Waals surface area (Å²) >= 11 is 1.39. The summed E-state index contributed by atoms with van der Waals surface area (Å²) in [5.74, 6) is 1.35. The molecule has 1 amide bonds. The van der Waals surface area contributed by atoms with Gasteiger partial charge in [0.2, 0.25) is 5.91 Å². The molecule has 1 saturated heterocycles. The van der Waals surface area contributed by atoms with Crippen LogP contribution < -0.4 is 5.32 Å². The highest BCUT2D eigenvalue weighted by atomic mass is 32.2. The van der Waals surface area contributed by atoms with Crippen LogP contribution in [-0.2, 0) is 4.79 Å². The SMILES string of the molecule is O=C1CS/C(=N/N=C\C2=C(c3ccccc3)[C@H]3C=C[C@H]2C3)N1. The number of fused-ring (bicyclic) bond motifs is 2. The first-order valence-corrected chi connectivity index (χ1v) is 8.31. The smallest absolute Gasteiger partial charge is 0.236 e. The van der Waals surface area contributed by atoms with Gasteiger partial charge in [0.1, 0.15) is 0 Å². The molecule has 22 heavy (non-hydrogen) atoms. The molecule has 1 aromatic carbocycles. The number of carbonyl (C=O) groups is 1. The minimum Gasteiger partial charge on any atom is -0.303 e. The second-order valence-electron chi connectivity index (χ2n) is 5.56. The molecular formula is C17H15N3OS. The lowest BCUT2D eigenvalue weighted by Crippen LogP contribution is -2.19. The number of amidine groups is 1. The quantitative estimate of drug-likeness (QED) is 0.530. The number of nitrogens with one attached hydrogen (secondary N) is 1. The Morgan fingerprint density at radius 3 is 2.77 bits per heavy atom. The lowest BCUT2D eigenvalue weighted by Gasteiger charge is -2.13. The van der Waals surface area contributed by atoms with Gasteiger partial charge in [0, 0.05) is 11.8 Å². The number of carbonyl (C=O) groups excluding carboxylic acids is 1. The van der Waals surface area contributed by atoms with Crippen LogP contribution >= 0.6 is 11.8 Å². The molecular weight excluding hydrogens is 294 g/mol. The van der Waals surface area contributed by atoms with Crippen LogP contribution in [0.15, 0.2) is 58.3 Å². The minimum absolute atomic E-state index is 0.00834. The summed E-state index contributed by atoms with van der Waals surface area (Å²) in [5, 5.41) is 11.6. The fourth-order valence-electron chi connectivity index (χ4n) is 3.24. The van der Waals surface area contributed by atoms with Gasteiger partial charge in [0.15, 0.2) is 5.17 Å². The third kappa shape index (κ3) is 2.41. The fraction of sp³-hybridized carbons (Fsp3) is 0.235. The van der Waals surface area contributed by atoms with Crippen molar-refractivity contribution in [2.45, 2.75) is 6.42 Å². The molecule has 1 aromatic rings. The molecule has 1 fully saturated rings. The Balaban J connectivity index is 1.63. The number of rotatable bonds is 3. The Morgan fingerprint density at radius 1 is 1.18 bits per heavy atom. The maximum Gasteiger partial charge on any atom is 0.236 e. The molecule has 1 heterocycles. The molecule has 5 heteroatoms. The predicted octanol–water partition coefficient (Wildman–Crippen LogP) is 2.85. The highest BCUT2D eigenvalue weighted by molar-refractivity contribution is 8.15. The third-order valence-corrected chi connectivity index (χ3v) is 5.05. The van der Waals surface area contributed by atoms with Crippen LogP contribution in [0.1, 0.15) is 12.0 Å². The molecule has 0 radical (unpaired) electrons. The second-order valence-corrected chi connectivity index (χ2v) is 6.52. The van der Waals surface area contributed by atoms with E-state index in [-0.39, 0.29) is 5.91 Å². The largest absolute Gasteiger partial charge is 0.303 e. The summed E-state index contributed by atoms with van der Waals surface area (Å²) in [4.78, 5) is 11.1. The standard InChI is InChI=1S/C17H15N3OS/c21-15-10-22-17(19-15)20-18-9-14-12-6-7-13(8-12)16(14)11-4-2-1-3-5-11/h1-7,9,12-13H,8,10H2,(H,19,20,21)/b18-9-/t12-,13-/m0/s1. The van der Waals surface area contributed by atoms with Crippen LogP contribution in [0.5, 0.6) is 0 Å². The van der Waals surface area contributed by atoms with E-state index in [1.807, 2.05) is 12.3 Å². The van der Waals surface area contributed by atoms with Gasteiger partial charge in [-0.05, 0) is 23.1 Å². The monoisotopic (exact) mass is 309 g/mol. The summed E-state index contributed by atoms with van der Waals surface area (Å²) in [7, 11) is 0. The molecule has 0 unspecified atom stereocenters. The van der Waals surface area contributed by atoms with E-state index < -0.39 is 0 Å². The number of allylic oxidation sites excluding steroid dienone is 4. The summed E-state index contributed by atoms with van der Waals surface area (Å²) in [6, 6.07) is 10.5. The van der Waals surface area contributed by atoms with Gasteiger partial charge in [-0.1, -0.05) is 54.2 Å². The van der Waals surface area contributed by atoms with Gasteiger partial charge in [0.05, 0.1) is 12.0 Å². The number of hydrogen-bond acceptors (Lipinski definition) is 4. The zero-order valence-electron chi connectivity index (χ0n) is 11.9. The van der Waals surface area contributed by atoms with Crippen molar-refractivity contribution in [3.05, 3.63) is 53.6 Å². The summed E-state index contributed by atoms with van der Waals surface area (Å²) in [6.45, 7) is 0. The van der Waals surface area contributed by atoms with Crippen LogP contribution in [0.25, 0.3) is 5.57 Å². The van der Waals surface area contributed by atoms with E-state index in [9.17, 15) is 4.79 Å². The van der Waals surface area contributed by atoms with Crippen molar-refractivity contribution in [2.75, 3.05) is 5.75 Å². The topological polar surface area (TPSA) is 53.8 Å². The van der Waals surface area contributed by atoms with Gasteiger partial charge in [-0.25, -0.2) is 0 Å². The number of thioether (sulfide) groups is 1. The maximum absolute atomic E-state index is 11.1. The fourth-order valence-corrected chi connectivity index (χ4v) is 3.87. The first-order chi connectivity index (χ1) is 10.8. The Morgan fingerprint density at radius 2 is 2.00 bits per heavy atom. The average molecular weight is 309 g/mol. The molecule has 0 aromatic heterocycles. The van der Waals surface area contributed by atoms with E-state index >= 15 is 0 Å². The minimum atomic E-state index is -0.00834. The molecule has 3 aliphatic rings. The number of nitrogens with zero attached hydrogens (tertiary/aromatic N) is 2. The van der Waals surface area contributed by atoms with Crippen molar-refractivity contribution in [1.29, 1.82) is 0 Å². The molecule has 2 bridgehead atoms. The van der Waals surface area contributed by atoms with Gasteiger partial charge in [0.25, 0.3) is 0 Å². The van der Waals surface area contributed by atoms with Crippen molar-refractivity contribution in [2.24, 2.45) is 22.0 Å². The zero-order chi connectivity index (χ0) is 14.9. The normalized spacial score (nSPS) is 28.4. The predicted molar refractivity (Wildman–Crippen MR) is 90.6 cm³/mol. The van der Waals surface area contributed by atoms with Crippen LogP contribution in [0.3, 0.4) is 0 Å². The lowest BCUT2D eigenvalue weighted by molar-refractivity contribution is -0.116. The number of hydrogen-bond donors (Lipinski definition) is 1. The van der Waals surface area contributed by atoms with E-state index in [0.29, 0.717) is 22.8 Å². The van der Waals surface area contributed by atoms with Gasteiger partial charge >= 0.3 is 0 Å². The molecule has 2 atom stereocenters. The van der Waals surface area contributed by atoms with Gasteiger partial charge < -0.3 is 5.32 Å². The Hall–Kier alpha value is -2.14. The first-order valence-electron chi connectivity index (χ1n) is 7.33. The summed E-state index contributed by atoms with van der Waals surface area (Å²) in [6.07, 6.45) is 7.54. The van der Waals surface area contributed by atoms with Crippen molar-refractivity contribution in [3.63, 3.8) is 0 Å².